The molecule has 4 aliphatic heterocycles. The standard InChI is InChI=1S/C24H29N5O4.C24H29N5O3.CH2I2.CH3I/c1-16(30)27-9-7-17(8-10-27)13-29-22(31)24(2,26-23(29)25)20-6-4-5-18(11-20)19-12-21(33-3)15-28(32)14-19;1-16(30)28-9-7-17(8-10-28)15-29-22(31)24(2,27-23(29)25)20-6-4-5-18(11-20)19-12-21(32-3)14-26-13-19;2-1-3;1-2/h4-6,11-12,14-15,17H,7-10,13H2,1-3H3,(H2,25,26);4-6,11-14,17H,7-10,15H2,1-3H3,(H2,25,27);1H2;1H3. The zero-order chi connectivity index (χ0) is 51.3. The number of hydrogen-bond donors (Lipinski definition) is 2. The predicted molar refractivity (Wildman–Crippen MR) is 298 cm³/mol. The summed E-state index contributed by atoms with van der Waals surface area (Å²) in [6.07, 6.45) is 9.58. The summed E-state index contributed by atoms with van der Waals surface area (Å²) in [4.78, 5) is 72.3. The van der Waals surface area contributed by atoms with Crippen molar-refractivity contribution in [2.45, 2.75) is 64.5 Å². The van der Waals surface area contributed by atoms with Gasteiger partial charge in [0.2, 0.25) is 18.0 Å². The van der Waals surface area contributed by atoms with Crippen molar-refractivity contribution >= 4 is 103 Å². The van der Waals surface area contributed by atoms with Crippen LogP contribution in [0.5, 0.6) is 11.5 Å². The number of carbonyl (C=O) groups is 4. The van der Waals surface area contributed by atoms with E-state index in [1.54, 1.807) is 56.1 Å². The predicted octanol–water partition coefficient (Wildman–Crippen LogP) is 6.88. The molecule has 2 saturated heterocycles. The molecular formula is C50H63I3N10O7. The fourth-order valence-corrected chi connectivity index (χ4v) is 9.00. The SMILES string of the molecule is CI.COc1cc(-c2cccc(C3(C)N=C(N)N(CC4CCN(C(C)=O)CC4)C3=O)c2)c[n+]([O-])c1.COc1cncc(-c2cccc(C3(C)N=C(N)N(CC4CCN(C(C)=O)CC4)C3=O)c2)c1.ICI. The molecule has 0 saturated carbocycles. The minimum atomic E-state index is -1.15. The molecule has 2 aromatic carbocycles. The number of hydrogen-bond acceptors (Lipinski definition) is 12. The zero-order valence-electron chi connectivity index (χ0n) is 40.7. The van der Waals surface area contributed by atoms with E-state index in [1.165, 1.54) is 21.9 Å². The largest absolute Gasteiger partial charge is 0.619 e. The van der Waals surface area contributed by atoms with Gasteiger partial charge in [-0.15, -0.1) is 0 Å². The quantitative estimate of drug-likeness (QED) is 0.0727. The molecule has 0 aliphatic carbocycles. The van der Waals surface area contributed by atoms with E-state index in [2.05, 4.69) is 82.7 Å². The van der Waals surface area contributed by atoms with E-state index in [0.717, 1.165) is 47.9 Å². The number of piperidine rings is 2. The molecule has 4 aromatic rings. The van der Waals surface area contributed by atoms with Crippen molar-refractivity contribution in [2.75, 3.05) is 60.9 Å². The first-order chi connectivity index (χ1) is 33.4. The van der Waals surface area contributed by atoms with Crippen molar-refractivity contribution in [3.8, 4) is 33.8 Å². The molecule has 376 valence electrons. The first-order valence-electron chi connectivity index (χ1n) is 22.8. The summed E-state index contributed by atoms with van der Waals surface area (Å²) in [5.41, 5.74) is 15.0. The Morgan fingerprint density at radius 2 is 1.10 bits per heavy atom. The van der Waals surface area contributed by atoms with Gasteiger partial charge in [0, 0.05) is 70.9 Å². The summed E-state index contributed by atoms with van der Waals surface area (Å²) in [6, 6.07) is 18.8. The van der Waals surface area contributed by atoms with Gasteiger partial charge in [0.25, 0.3) is 11.8 Å². The Kier molecular flexibility index (Phi) is 20.4. The van der Waals surface area contributed by atoms with Crippen molar-refractivity contribution < 1.29 is 33.4 Å². The lowest BCUT2D eigenvalue weighted by molar-refractivity contribution is -0.605. The first kappa shape index (κ1) is 56.1. The fraction of sp³-hybridized carbons (Fsp3) is 0.440. The van der Waals surface area contributed by atoms with E-state index in [9.17, 15) is 24.4 Å². The Morgan fingerprint density at radius 1 is 0.686 bits per heavy atom. The number of amides is 4. The molecule has 0 bridgehead atoms. The third-order valence-electron chi connectivity index (χ3n) is 13.1. The molecule has 6 heterocycles. The van der Waals surface area contributed by atoms with E-state index in [-0.39, 0.29) is 41.5 Å². The number of aliphatic imine (C=N–C) groups is 2. The molecule has 2 aromatic heterocycles. The third kappa shape index (κ3) is 13.4. The maximum Gasteiger partial charge on any atom is 0.261 e. The lowest BCUT2D eigenvalue weighted by Gasteiger charge is -2.33. The van der Waals surface area contributed by atoms with Crippen LogP contribution in [-0.2, 0) is 30.3 Å². The number of ether oxygens (including phenoxy) is 2. The van der Waals surface area contributed by atoms with Gasteiger partial charge in [-0.3, -0.25) is 34.0 Å². The lowest BCUT2D eigenvalue weighted by Crippen LogP contribution is -2.46. The number of alkyl halides is 3. The Balaban J connectivity index is 0.000000239. The second kappa shape index (κ2) is 25.5. The van der Waals surface area contributed by atoms with Crippen LogP contribution in [0.3, 0.4) is 0 Å². The molecule has 4 N–H and O–H groups in total. The highest BCUT2D eigenvalue weighted by Gasteiger charge is 2.47. The molecule has 4 aliphatic rings. The zero-order valence-corrected chi connectivity index (χ0v) is 47.2. The molecule has 2 fully saturated rings. The molecule has 8 rings (SSSR count). The summed E-state index contributed by atoms with van der Waals surface area (Å²) in [5, 5.41) is 11.9. The van der Waals surface area contributed by atoms with Crippen molar-refractivity contribution in [1.82, 2.24) is 24.6 Å². The lowest BCUT2D eigenvalue weighted by atomic mass is 9.89. The van der Waals surface area contributed by atoms with Crippen LogP contribution < -0.4 is 25.7 Å². The third-order valence-corrected chi connectivity index (χ3v) is 13.1. The van der Waals surface area contributed by atoms with Gasteiger partial charge in [0.05, 0.1) is 28.4 Å². The van der Waals surface area contributed by atoms with E-state index in [4.69, 9.17) is 20.9 Å². The number of methoxy groups -OCH3 is 2. The van der Waals surface area contributed by atoms with Gasteiger partial charge in [0.1, 0.15) is 5.75 Å². The van der Waals surface area contributed by atoms with Crippen LogP contribution in [0.1, 0.15) is 64.5 Å². The molecule has 70 heavy (non-hydrogen) atoms. The smallest absolute Gasteiger partial charge is 0.261 e. The number of rotatable bonds is 10. The highest BCUT2D eigenvalue weighted by Crippen LogP contribution is 2.38. The Bertz CT molecular complexity index is 2550. The number of nitrogens with two attached hydrogens (primary N) is 2. The number of guanidine groups is 2. The molecule has 17 nitrogen and oxygen atoms in total. The van der Waals surface area contributed by atoms with E-state index < -0.39 is 11.1 Å². The molecule has 2 unspecified atom stereocenters. The maximum absolute atomic E-state index is 13.5. The average Bonchev–Trinajstić information content (AvgIpc) is 3.73. The highest BCUT2D eigenvalue weighted by molar-refractivity contribution is 14.2. The van der Waals surface area contributed by atoms with Gasteiger partial charge >= 0.3 is 0 Å². The number of nitrogens with zero attached hydrogens (tertiary/aromatic N) is 8. The van der Waals surface area contributed by atoms with Crippen LogP contribution in [0.15, 0.2) is 95.4 Å². The van der Waals surface area contributed by atoms with Gasteiger partial charge in [0.15, 0.2) is 34.9 Å². The number of likely N-dealkylation sites (tertiary alicyclic amines) is 2. The first-order valence-corrected chi connectivity index (χ1v) is 28.0. The monoisotopic (exact) mass is 1300 g/mol. The van der Waals surface area contributed by atoms with Crippen LogP contribution in [0, 0.1) is 17.0 Å². The van der Waals surface area contributed by atoms with E-state index in [0.29, 0.717) is 72.5 Å². The van der Waals surface area contributed by atoms with Crippen molar-refractivity contribution in [3.63, 3.8) is 0 Å². The van der Waals surface area contributed by atoms with Gasteiger partial charge < -0.3 is 35.9 Å². The summed E-state index contributed by atoms with van der Waals surface area (Å²) in [7, 11) is 3.11. The number of halogens is 3. The van der Waals surface area contributed by atoms with Crippen molar-refractivity contribution in [1.29, 1.82) is 0 Å². The average molecular weight is 1300 g/mol. The number of pyridine rings is 2. The second-order valence-electron chi connectivity index (χ2n) is 17.5. The van der Waals surface area contributed by atoms with Crippen LogP contribution in [0.2, 0.25) is 0 Å². The number of benzene rings is 2. The summed E-state index contributed by atoms with van der Waals surface area (Å²) >= 11 is 6.70. The topological polar surface area (TPSA) is 216 Å². The molecular weight excluding hydrogens is 1230 g/mol. The second-order valence-corrected chi connectivity index (χ2v) is 22.0. The summed E-state index contributed by atoms with van der Waals surface area (Å²) in [6.45, 7) is 10.6. The van der Waals surface area contributed by atoms with Gasteiger partial charge in [-0.05, 0) is 96.7 Å². The van der Waals surface area contributed by atoms with Gasteiger partial charge in [-0.1, -0.05) is 104 Å². The molecule has 4 amide bonds. The Morgan fingerprint density at radius 3 is 1.51 bits per heavy atom. The molecule has 0 radical (unpaired) electrons. The normalized spacial score (nSPS) is 20.3. The van der Waals surface area contributed by atoms with Crippen LogP contribution in [-0.4, -0.2) is 121 Å². The van der Waals surface area contributed by atoms with E-state index in [1.807, 2.05) is 76.3 Å². The van der Waals surface area contributed by atoms with Crippen molar-refractivity contribution in [2.24, 2.45) is 33.3 Å². The molecule has 20 heteroatoms. The van der Waals surface area contributed by atoms with E-state index >= 15 is 0 Å². The van der Waals surface area contributed by atoms with Crippen molar-refractivity contribution in [3.05, 3.63) is 102 Å². The number of carbonyl (C=O) groups excluding carboxylic acids is 4. The Labute approximate surface area is 451 Å². The minimum Gasteiger partial charge on any atom is -0.619 e. The minimum absolute atomic E-state index is 0.0813. The maximum atomic E-state index is 13.5. The molecule has 2 atom stereocenters. The Hall–Kier alpha value is -4.85. The highest BCUT2D eigenvalue weighted by atomic mass is 127. The number of aromatic nitrogens is 2. The van der Waals surface area contributed by atoms with Crippen LogP contribution >= 0.6 is 67.8 Å². The fourth-order valence-electron chi connectivity index (χ4n) is 9.00. The van der Waals surface area contributed by atoms with Crippen LogP contribution in [0.25, 0.3) is 22.3 Å². The summed E-state index contributed by atoms with van der Waals surface area (Å²) in [5.74, 6) is 2.01. The van der Waals surface area contributed by atoms with Crippen LogP contribution in [0.4, 0.5) is 0 Å². The van der Waals surface area contributed by atoms with Gasteiger partial charge in [-0.2, -0.15) is 4.73 Å². The molecule has 0 spiro atoms. The summed E-state index contributed by atoms with van der Waals surface area (Å²) < 4.78 is 12.4. The van der Waals surface area contributed by atoms with Gasteiger partial charge in [-0.25, -0.2) is 9.98 Å².